The Balaban J connectivity index is 2.59. The first-order valence-corrected chi connectivity index (χ1v) is 5.64. The summed E-state index contributed by atoms with van der Waals surface area (Å²) in [6.07, 6.45) is 0.0785. The minimum absolute atomic E-state index is 0.0785. The Hall–Kier alpha value is -1.43. The van der Waals surface area contributed by atoms with Crippen LogP contribution in [0.3, 0.4) is 0 Å². The first kappa shape index (κ1) is 13.6. The summed E-state index contributed by atoms with van der Waals surface area (Å²) < 4.78 is 17.7. The summed E-state index contributed by atoms with van der Waals surface area (Å²) in [5.74, 6) is -1.37. The van der Waals surface area contributed by atoms with Gasteiger partial charge in [0, 0.05) is 6.54 Å². The van der Waals surface area contributed by atoms with Crippen molar-refractivity contribution < 1.29 is 18.7 Å². The lowest BCUT2D eigenvalue weighted by Crippen LogP contribution is -2.26. The number of halogens is 2. The topological polar surface area (TPSA) is 55.4 Å². The van der Waals surface area contributed by atoms with Gasteiger partial charge in [0.15, 0.2) is 0 Å². The number of carbonyl (C=O) groups excluding carboxylic acids is 2. The third-order valence-corrected chi connectivity index (χ3v) is 2.84. The van der Waals surface area contributed by atoms with Gasteiger partial charge in [0.25, 0.3) is 5.91 Å². The second kappa shape index (κ2) is 6.34. The van der Waals surface area contributed by atoms with Gasteiger partial charge in [0.05, 0.1) is 23.6 Å². The molecule has 0 fully saturated rings. The van der Waals surface area contributed by atoms with Gasteiger partial charge in [0.1, 0.15) is 5.82 Å². The number of hydrogen-bond donors (Lipinski definition) is 1. The van der Waals surface area contributed by atoms with E-state index in [0.29, 0.717) is 0 Å². The van der Waals surface area contributed by atoms with Gasteiger partial charge in [-0.3, -0.25) is 9.59 Å². The second-order valence-electron chi connectivity index (χ2n) is 3.18. The van der Waals surface area contributed by atoms with Crippen LogP contribution < -0.4 is 5.32 Å². The minimum Gasteiger partial charge on any atom is -0.469 e. The molecular weight excluding hydrogens is 293 g/mol. The van der Waals surface area contributed by atoms with Crippen LogP contribution in [-0.2, 0) is 9.53 Å². The molecule has 1 aromatic carbocycles. The number of nitrogens with one attached hydrogen (secondary N) is 1. The molecule has 0 aliphatic heterocycles. The van der Waals surface area contributed by atoms with E-state index in [2.05, 4.69) is 26.0 Å². The highest BCUT2D eigenvalue weighted by molar-refractivity contribution is 9.10. The molecule has 0 saturated carbocycles. The predicted octanol–water partition coefficient (Wildman–Crippen LogP) is 1.88. The van der Waals surface area contributed by atoms with Gasteiger partial charge < -0.3 is 10.1 Å². The van der Waals surface area contributed by atoms with Crippen molar-refractivity contribution in [2.75, 3.05) is 13.7 Å². The van der Waals surface area contributed by atoms with Crippen LogP contribution in [0.25, 0.3) is 0 Å². The molecule has 0 heterocycles. The molecule has 0 aromatic heterocycles. The van der Waals surface area contributed by atoms with Crippen LogP contribution in [0.2, 0.25) is 0 Å². The van der Waals surface area contributed by atoms with Gasteiger partial charge in [0.2, 0.25) is 0 Å². The fourth-order valence-corrected chi connectivity index (χ4v) is 1.60. The predicted molar refractivity (Wildman–Crippen MR) is 63.1 cm³/mol. The van der Waals surface area contributed by atoms with Crippen molar-refractivity contribution in [1.82, 2.24) is 5.32 Å². The third-order valence-electron chi connectivity index (χ3n) is 2.04. The number of esters is 1. The SMILES string of the molecule is COC(=O)CCNC(=O)c1cccc(F)c1Br. The zero-order valence-corrected chi connectivity index (χ0v) is 10.7. The molecule has 92 valence electrons. The first-order valence-electron chi connectivity index (χ1n) is 4.85. The van der Waals surface area contributed by atoms with Gasteiger partial charge in [-0.05, 0) is 28.1 Å². The highest BCUT2D eigenvalue weighted by atomic mass is 79.9. The maximum atomic E-state index is 13.1. The molecule has 1 N–H and O–H groups in total. The Morgan fingerprint density at radius 3 is 2.82 bits per heavy atom. The van der Waals surface area contributed by atoms with E-state index in [-0.39, 0.29) is 23.0 Å². The Bertz CT molecular complexity index is 437. The van der Waals surface area contributed by atoms with E-state index < -0.39 is 17.7 Å². The molecular formula is C11H11BrFNO3. The monoisotopic (exact) mass is 303 g/mol. The highest BCUT2D eigenvalue weighted by Crippen LogP contribution is 2.20. The molecule has 0 spiro atoms. The normalized spacial score (nSPS) is 9.82. The van der Waals surface area contributed by atoms with E-state index in [9.17, 15) is 14.0 Å². The Labute approximate surface area is 106 Å². The lowest BCUT2D eigenvalue weighted by molar-refractivity contribution is -0.140. The second-order valence-corrected chi connectivity index (χ2v) is 3.98. The Kier molecular flexibility index (Phi) is 5.09. The Morgan fingerprint density at radius 1 is 1.47 bits per heavy atom. The molecule has 6 heteroatoms. The van der Waals surface area contributed by atoms with Crippen LogP contribution >= 0.6 is 15.9 Å². The lowest BCUT2D eigenvalue weighted by Gasteiger charge is -2.06. The van der Waals surface area contributed by atoms with Crippen LogP contribution in [-0.4, -0.2) is 25.5 Å². The van der Waals surface area contributed by atoms with Crippen LogP contribution in [0.15, 0.2) is 22.7 Å². The largest absolute Gasteiger partial charge is 0.469 e. The van der Waals surface area contributed by atoms with E-state index in [1.165, 1.54) is 25.3 Å². The fourth-order valence-electron chi connectivity index (χ4n) is 1.15. The number of amides is 1. The zero-order valence-electron chi connectivity index (χ0n) is 9.13. The van der Waals surface area contributed by atoms with E-state index in [1.54, 1.807) is 0 Å². The summed E-state index contributed by atoms with van der Waals surface area (Å²) in [5, 5.41) is 2.50. The van der Waals surface area contributed by atoms with E-state index in [4.69, 9.17) is 0 Å². The maximum Gasteiger partial charge on any atom is 0.307 e. The summed E-state index contributed by atoms with van der Waals surface area (Å²) in [6.45, 7) is 0.147. The summed E-state index contributed by atoms with van der Waals surface area (Å²) in [7, 11) is 1.27. The zero-order chi connectivity index (χ0) is 12.8. The smallest absolute Gasteiger partial charge is 0.307 e. The maximum absolute atomic E-state index is 13.1. The summed E-state index contributed by atoms with van der Waals surface area (Å²) in [5.41, 5.74) is 0.190. The number of methoxy groups -OCH3 is 1. The van der Waals surface area contributed by atoms with Crippen molar-refractivity contribution in [1.29, 1.82) is 0 Å². The van der Waals surface area contributed by atoms with Crippen molar-refractivity contribution >= 4 is 27.8 Å². The number of carbonyl (C=O) groups is 2. The van der Waals surface area contributed by atoms with E-state index in [0.717, 1.165) is 0 Å². The fraction of sp³-hybridized carbons (Fsp3) is 0.273. The first-order chi connectivity index (χ1) is 8.06. The molecule has 0 aliphatic carbocycles. The minimum atomic E-state index is -0.509. The van der Waals surface area contributed by atoms with Gasteiger partial charge in [-0.1, -0.05) is 6.07 Å². The van der Waals surface area contributed by atoms with Crippen molar-refractivity contribution in [3.05, 3.63) is 34.1 Å². The summed E-state index contributed by atoms with van der Waals surface area (Å²) >= 11 is 2.99. The molecule has 0 saturated heterocycles. The standard InChI is InChI=1S/C11H11BrFNO3/c1-17-9(15)5-6-14-11(16)7-3-2-4-8(13)10(7)12/h2-4H,5-6H2,1H3,(H,14,16). The number of rotatable bonds is 4. The van der Waals surface area contributed by atoms with Crippen LogP contribution in [0.4, 0.5) is 4.39 Å². The quantitative estimate of drug-likeness (QED) is 0.864. The van der Waals surface area contributed by atoms with Gasteiger partial charge in [-0.25, -0.2) is 4.39 Å². The Morgan fingerprint density at radius 2 is 2.18 bits per heavy atom. The molecule has 0 atom stereocenters. The van der Waals surface area contributed by atoms with Gasteiger partial charge in [-0.2, -0.15) is 0 Å². The molecule has 0 bridgehead atoms. The van der Waals surface area contributed by atoms with Gasteiger partial charge >= 0.3 is 5.97 Å². The summed E-state index contributed by atoms with van der Waals surface area (Å²) in [6, 6.07) is 4.17. The lowest BCUT2D eigenvalue weighted by atomic mass is 10.2. The summed E-state index contributed by atoms with van der Waals surface area (Å²) in [4.78, 5) is 22.4. The molecule has 0 unspecified atom stereocenters. The van der Waals surface area contributed by atoms with Crippen molar-refractivity contribution in [2.24, 2.45) is 0 Å². The molecule has 17 heavy (non-hydrogen) atoms. The average Bonchev–Trinajstić information content (AvgIpc) is 2.32. The van der Waals surface area contributed by atoms with Gasteiger partial charge in [-0.15, -0.1) is 0 Å². The highest BCUT2D eigenvalue weighted by Gasteiger charge is 2.12. The van der Waals surface area contributed by atoms with Crippen molar-refractivity contribution in [3.8, 4) is 0 Å². The van der Waals surface area contributed by atoms with Crippen LogP contribution in [0.5, 0.6) is 0 Å². The van der Waals surface area contributed by atoms with Crippen molar-refractivity contribution in [2.45, 2.75) is 6.42 Å². The molecule has 0 aliphatic rings. The molecule has 1 amide bonds. The van der Waals surface area contributed by atoms with Crippen LogP contribution in [0.1, 0.15) is 16.8 Å². The number of ether oxygens (including phenoxy) is 1. The van der Waals surface area contributed by atoms with Crippen LogP contribution in [0, 0.1) is 5.82 Å². The third kappa shape index (κ3) is 3.81. The van der Waals surface area contributed by atoms with E-state index >= 15 is 0 Å². The average molecular weight is 304 g/mol. The molecule has 4 nitrogen and oxygen atoms in total. The number of benzene rings is 1. The molecule has 1 rings (SSSR count). The molecule has 0 radical (unpaired) electrons. The van der Waals surface area contributed by atoms with Crippen molar-refractivity contribution in [3.63, 3.8) is 0 Å². The number of hydrogen-bond acceptors (Lipinski definition) is 3. The molecule has 1 aromatic rings. The van der Waals surface area contributed by atoms with E-state index in [1.807, 2.05) is 0 Å².